The molecule has 1 aromatic heterocycles. The number of hydrogen-bond donors (Lipinski definition) is 1. The molecule has 0 bridgehead atoms. The van der Waals surface area contributed by atoms with Gasteiger partial charge in [-0.05, 0) is 6.07 Å². The Morgan fingerprint density at radius 3 is 3.00 bits per heavy atom. The summed E-state index contributed by atoms with van der Waals surface area (Å²) in [6, 6.07) is 1.38. The zero-order valence-corrected chi connectivity index (χ0v) is 8.82. The molecule has 1 aromatic rings. The van der Waals surface area contributed by atoms with Gasteiger partial charge in [0, 0.05) is 10.7 Å². The fourth-order valence-electron chi connectivity index (χ4n) is 0.828. The topological polar surface area (TPSA) is 59.4 Å². The lowest BCUT2D eigenvalue weighted by Gasteiger charge is -2.06. The van der Waals surface area contributed by atoms with Crippen LogP contribution in [-0.2, 0) is 0 Å². The Labute approximate surface area is 89.4 Å². The van der Waals surface area contributed by atoms with Crippen molar-refractivity contribution < 1.29 is 14.6 Å². The van der Waals surface area contributed by atoms with Gasteiger partial charge in [0.25, 0.3) is 0 Å². The fourth-order valence-corrected chi connectivity index (χ4v) is 0.942. The van der Waals surface area contributed by atoms with E-state index < -0.39 is 5.97 Å². The molecule has 0 aliphatic heterocycles. The van der Waals surface area contributed by atoms with Crippen LogP contribution in [0.25, 0.3) is 0 Å². The predicted molar refractivity (Wildman–Crippen MR) is 54.8 cm³/mol. The van der Waals surface area contributed by atoms with E-state index in [9.17, 15) is 4.79 Å². The van der Waals surface area contributed by atoms with Gasteiger partial charge in [-0.3, -0.25) is 4.98 Å². The Hall–Kier alpha value is -1.36. The predicted octanol–water partition coefficient (Wildman–Crippen LogP) is 2.07. The van der Waals surface area contributed by atoms with Crippen LogP contribution >= 0.6 is 15.9 Å². The highest BCUT2D eigenvalue weighted by molar-refractivity contribution is 9.11. The van der Waals surface area contributed by atoms with Gasteiger partial charge in [0.2, 0.25) is 0 Å². The first kappa shape index (κ1) is 10.7. The quantitative estimate of drug-likeness (QED) is 0.897. The summed E-state index contributed by atoms with van der Waals surface area (Å²) in [6.07, 6.45) is 2.76. The standard InChI is InChI=1S/C9H8BrNO3/c1-6(10)5-14-8-4-11-3-2-7(8)9(12)13/h2-4H,1,5H2,(H,12,13). The summed E-state index contributed by atoms with van der Waals surface area (Å²) in [7, 11) is 0. The number of rotatable bonds is 4. The molecule has 5 heteroatoms. The van der Waals surface area contributed by atoms with Crippen molar-refractivity contribution in [1.82, 2.24) is 4.98 Å². The van der Waals surface area contributed by atoms with E-state index in [-0.39, 0.29) is 17.9 Å². The second-order valence-corrected chi connectivity index (χ2v) is 3.60. The molecular weight excluding hydrogens is 250 g/mol. The molecule has 0 saturated carbocycles. The van der Waals surface area contributed by atoms with Crippen LogP contribution in [0.3, 0.4) is 0 Å². The van der Waals surface area contributed by atoms with E-state index in [1.54, 1.807) is 0 Å². The molecule has 0 unspecified atom stereocenters. The number of carboxylic acid groups (broad SMARTS) is 1. The zero-order valence-electron chi connectivity index (χ0n) is 7.24. The molecule has 0 saturated heterocycles. The Bertz CT molecular complexity index is 365. The van der Waals surface area contributed by atoms with Crippen LogP contribution in [0.2, 0.25) is 0 Å². The Morgan fingerprint density at radius 1 is 1.71 bits per heavy atom. The van der Waals surface area contributed by atoms with E-state index in [1.165, 1.54) is 18.5 Å². The van der Waals surface area contributed by atoms with Crippen LogP contribution in [0.15, 0.2) is 29.5 Å². The molecule has 0 radical (unpaired) electrons. The van der Waals surface area contributed by atoms with Crippen molar-refractivity contribution >= 4 is 21.9 Å². The van der Waals surface area contributed by atoms with Gasteiger partial charge in [-0.15, -0.1) is 0 Å². The summed E-state index contributed by atoms with van der Waals surface area (Å²) in [5.74, 6) is -0.803. The monoisotopic (exact) mass is 257 g/mol. The van der Waals surface area contributed by atoms with Gasteiger partial charge in [-0.25, -0.2) is 4.79 Å². The first-order chi connectivity index (χ1) is 6.61. The second kappa shape index (κ2) is 4.76. The van der Waals surface area contributed by atoms with Crippen molar-refractivity contribution in [3.63, 3.8) is 0 Å². The second-order valence-electron chi connectivity index (χ2n) is 2.48. The zero-order chi connectivity index (χ0) is 10.6. The van der Waals surface area contributed by atoms with E-state index in [4.69, 9.17) is 9.84 Å². The molecule has 1 rings (SSSR count). The summed E-state index contributed by atoms with van der Waals surface area (Å²) in [5, 5.41) is 8.79. The number of aromatic nitrogens is 1. The van der Waals surface area contributed by atoms with Crippen molar-refractivity contribution in [1.29, 1.82) is 0 Å². The third-order valence-electron chi connectivity index (χ3n) is 1.40. The minimum atomic E-state index is -1.04. The summed E-state index contributed by atoms with van der Waals surface area (Å²) in [6.45, 7) is 3.78. The van der Waals surface area contributed by atoms with Crippen molar-refractivity contribution in [2.24, 2.45) is 0 Å². The Morgan fingerprint density at radius 2 is 2.43 bits per heavy atom. The molecule has 0 amide bonds. The van der Waals surface area contributed by atoms with Crippen LogP contribution in [0.4, 0.5) is 0 Å². The summed E-state index contributed by atoms with van der Waals surface area (Å²) >= 11 is 3.11. The number of carboxylic acids is 1. The molecule has 1 heterocycles. The molecule has 0 aliphatic carbocycles. The maximum Gasteiger partial charge on any atom is 0.339 e. The highest BCUT2D eigenvalue weighted by Crippen LogP contribution is 2.17. The number of hydrogen-bond acceptors (Lipinski definition) is 3. The first-order valence-electron chi connectivity index (χ1n) is 3.74. The average molecular weight is 258 g/mol. The third-order valence-corrected chi connectivity index (χ3v) is 1.63. The number of nitrogens with zero attached hydrogens (tertiary/aromatic N) is 1. The summed E-state index contributed by atoms with van der Waals surface area (Å²) in [5.41, 5.74) is 0.0914. The molecule has 0 aromatic carbocycles. The van der Waals surface area contributed by atoms with Crippen molar-refractivity contribution in [2.75, 3.05) is 6.61 Å². The highest BCUT2D eigenvalue weighted by atomic mass is 79.9. The smallest absolute Gasteiger partial charge is 0.339 e. The molecule has 0 fully saturated rings. The van der Waals surface area contributed by atoms with Crippen LogP contribution in [0.5, 0.6) is 5.75 Å². The summed E-state index contributed by atoms with van der Waals surface area (Å²) in [4.78, 5) is 14.5. The van der Waals surface area contributed by atoms with Crippen LogP contribution < -0.4 is 4.74 Å². The molecule has 0 aliphatic rings. The van der Waals surface area contributed by atoms with Crippen molar-refractivity contribution in [3.05, 3.63) is 35.1 Å². The summed E-state index contributed by atoms with van der Waals surface area (Å²) < 4.78 is 5.81. The van der Waals surface area contributed by atoms with Crippen molar-refractivity contribution in [3.8, 4) is 5.75 Å². The van der Waals surface area contributed by atoms with Gasteiger partial charge >= 0.3 is 5.97 Å². The van der Waals surface area contributed by atoms with E-state index >= 15 is 0 Å². The minimum absolute atomic E-state index is 0.0914. The van der Waals surface area contributed by atoms with Gasteiger partial charge in [0.15, 0.2) is 5.75 Å². The molecule has 4 nitrogen and oxygen atoms in total. The Balaban J connectivity index is 2.84. The molecule has 14 heavy (non-hydrogen) atoms. The van der Waals surface area contributed by atoms with Crippen molar-refractivity contribution in [2.45, 2.75) is 0 Å². The maximum absolute atomic E-state index is 10.7. The molecule has 0 atom stereocenters. The van der Waals surface area contributed by atoms with Crippen LogP contribution in [0, 0.1) is 0 Å². The van der Waals surface area contributed by atoms with E-state index in [2.05, 4.69) is 27.5 Å². The van der Waals surface area contributed by atoms with Gasteiger partial charge < -0.3 is 9.84 Å². The van der Waals surface area contributed by atoms with Crippen LogP contribution in [-0.4, -0.2) is 22.7 Å². The van der Waals surface area contributed by atoms with E-state index in [0.717, 1.165) is 0 Å². The molecule has 74 valence electrons. The number of pyridine rings is 1. The lowest BCUT2D eigenvalue weighted by molar-refractivity contribution is 0.0692. The Kier molecular flexibility index (Phi) is 3.64. The average Bonchev–Trinajstić information content (AvgIpc) is 2.15. The third kappa shape index (κ3) is 2.85. The largest absolute Gasteiger partial charge is 0.486 e. The number of halogens is 1. The van der Waals surface area contributed by atoms with Gasteiger partial charge in [-0.1, -0.05) is 22.5 Å². The van der Waals surface area contributed by atoms with Gasteiger partial charge in [0.1, 0.15) is 12.2 Å². The highest BCUT2D eigenvalue weighted by Gasteiger charge is 2.10. The lowest BCUT2D eigenvalue weighted by atomic mass is 10.2. The SMILES string of the molecule is C=C(Br)COc1cnccc1C(=O)O. The van der Waals surface area contributed by atoms with E-state index in [1.807, 2.05) is 0 Å². The van der Waals surface area contributed by atoms with Gasteiger partial charge in [-0.2, -0.15) is 0 Å². The fraction of sp³-hybridized carbons (Fsp3) is 0.111. The molecular formula is C9H8BrNO3. The first-order valence-corrected chi connectivity index (χ1v) is 4.54. The number of ether oxygens (including phenoxy) is 1. The normalized spacial score (nSPS) is 9.50. The maximum atomic E-state index is 10.7. The number of aromatic carboxylic acids is 1. The van der Waals surface area contributed by atoms with Gasteiger partial charge in [0.05, 0.1) is 6.20 Å². The minimum Gasteiger partial charge on any atom is -0.486 e. The number of carbonyl (C=O) groups is 1. The lowest BCUT2D eigenvalue weighted by Crippen LogP contribution is -2.04. The molecule has 1 N–H and O–H groups in total. The van der Waals surface area contributed by atoms with Crippen LogP contribution in [0.1, 0.15) is 10.4 Å². The molecule has 0 spiro atoms. The van der Waals surface area contributed by atoms with E-state index in [0.29, 0.717) is 4.48 Å².